The van der Waals surface area contributed by atoms with Crippen molar-refractivity contribution in [1.29, 1.82) is 0 Å². The van der Waals surface area contributed by atoms with Crippen LogP contribution in [0.5, 0.6) is 17.5 Å². The molecule has 0 spiro atoms. The third kappa shape index (κ3) is 11.8. The van der Waals surface area contributed by atoms with E-state index >= 15 is 4.39 Å². The molecule has 2 heterocycles. The van der Waals surface area contributed by atoms with Crippen molar-refractivity contribution in [1.82, 2.24) is 24.7 Å². The van der Waals surface area contributed by atoms with Gasteiger partial charge in [-0.05, 0) is 91.8 Å². The summed E-state index contributed by atoms with van der Waals surface area (Å²) < 4.78 is 50.1. The topological polar surface area (TPSA) is 234 Å². The molecule has 0 aliphatic carbocycles. The molecule has 57 heavy (non-hydrogen) atoms. The number of carbonyl (C=O) groups is 3. The summed E-state index contributed by atoms with van der Waals surface area (Å²) >= 11 is 0. The molecule has 0 radical (unpaired) electrons. The van der Waals surface area contributed by atoms with Crippen molar-refractivity contribution in [2.75, 3.05) is 32.4 Å². The molecular weight excluding hydrogens is 747 g/mol. The predicted octanol–water partition coefficient (Wildman–Crippen LogP) is 4.67. The number of benzene rings is 2. The van der Waals surface area contributed by atoms with Gasteiger partial charge in [-0.15, -0.1) is 9.78 Å². The molecule has 0 saturated heterocycles. The maximum absolute atomic E-state index is 16.4. The molecular formula is C38H47FN8O10. The molecule has 0 aliphatic rings. The number of methoxy groups -OCH3 is 1. The molecule has 4 rings (SSSR count). The zero-order chi connectivity index (χ0) is 42.1. The maximum Gasteiger partial charge on any atom is 0.436 e. The Morgan fingerprint density at radius 2 is 1.60 bits per heavy atom. The fourth-order valence-electron chi connectivity index (χ4n) is 4.68. The third-order valence-corrected chi connectivity index (χ3v) is 7.42. The van der Waals surface area contributed by atoms with Gasteiger partial charge < -0.3 is 44.6 Å². The number of nitrogens with one attached hydrogen (secondary N) is 1. The van der Waals surface area contributed by atoms with Crippen LogP contribution in [0, 0.1) is 11.2 Å². The molecule has 2 aromatic heterocycles. The van der Waals surface area contributed by atoms with Gasteiger partial charge in [0.25, 0.3) is 5.95 Å². The number of aliphatic hydroxyl groups is 1. The molecule has 19 heteroatoms. The second-order valence-electron chi connectivity index (χ2n) is 14.8. The Bertz CT molecular complexity index is 2060. The smallest absolute Gasteiger partial charge is 0.436 e. The van der Waals surface area contributed by atoms with Gasteiger partial charge >= 0.3 is 24.0 Å². The molecule has 18 nitrogen and oxygen atoms in total. The number of nitrogens with two attached hydrogens (primary N) is 1. The number of hydrogen-bond donors (Lipinski definition) is 3. The number of aliphatic hydroxyl groups excluding tert-OH is 1. The number of aliphatic imine (C=N–C) groups is 1. The first-order valence-corrected chi connectivity index (χ1v) is 17.6. The van der Waals surface area contributed by atoms with Crippen LogP contribution >= 0.6 is 0 Å². The Morgan fingerprint density at radius 3 is 2.19 bits per heavy atom. The summed E-state index contributed by atoms with van der Waals surface area (Å²) in [5.74, 6) is -2.79. The SMILES string of the molecule is COc1cc(OCCO)c(F)c([C@@H](Nc2ccc(/C(N)=N\C(=O)OC(C)(C)C)cc2)c2nc(OCOC(=O)C(C)(C)C(=O)OC(C)(C)C)n(-c3ncccn3)n2)c1. The van der Waals surface area contributed by atoms with E-state index in [-0.39, 0.29) is 53.9 Å². The van der Waals surface area contributed by atoms with Gasteiger partial charge in [-0.1, -0.05) is 0 Å². The van der Waals surface area contributed by atoms with Crippen molar-refractivity contribution < 1.29 is 52.3 Å². The highest BCUT2D eigenvalue weighted by Crippen LogP contribution is 2.36. The van der Waals surface area contributed by atoms with Crippen LogP contribution in [0.25, 0.3) is 5.95 Å². The number of carbonyl (C=O) groups excluding carboxylic acids is 3. The lowest BCUT2D eigenvalue weighted by Crippen LogP contribution is -2.40. The fourth-order valence-corrected chi connectivity index (χ4v) is 4.68. The second kappa shape index (κ2) is 18.1. The van der Waals surface area contributed by atoms with E-state index in [1.54, 1.807) is 71.9 Å². The summed E-state index contributed by atoms with van der Waals surface area (Å²) in [7, 11) is 1.38. The first-order chi connectivity index (χ1) is 26.7. The minimum absolute atomic E-state index is 0.00686. The van der Waals surface area contributed by atoms with Crippen LogP contribution in [0.15, 0.2) is 59.9 Å². The van der Waals surface area contributed by atoms with Crippen LogP contribution in [0.2, 0.25) is 0 Å². The third-order valence-electron chi connectivity index (χ3n) is 7.42. The number of halogens is 1. The van der Waals surface area contributed by atoms with E-state index in [9.17, 15) is 19.5 Å². The van der Waals surface area contributed by atoms with Crippen LogP contribution in [0.3, 0.4) is 0 Å². The van der Waals surface area contributed by atoms with Crippen molar-refractivity contribution in [3.05, 3.63) is 77.6 Å². The van der Waals surface area contributed by atoms with Crippen LogP contribution in [0.4, 0.5) is 14.9 Å². The zero-order valence-electron chi connectivity index (χ0n) is 33.2. The number of amidine groups is 1. The van der Waals surface area contributed by atoms with Gasteiger partial charge in [0, 0.05) is 35.3 Å². The van der Waals surface area contributed by atoms with Crippen molar-refractivity contribution in [3.63, 3.8) is 0 Å². The lowest BCUT2D eigenvalue weighted by atomic mass is 9.93. The molecule has 0 bridgehead atoms. The van der Waals surface area contributed by atoms with Crippen molar-refractivity contribution in [2.24, 2.45) is 16.1 Å². The largest absolute Gasteiger partial charge is 0.497 e. The average Bonchev–Trinajstić information content (AvgIpc) is 3.56. The molecule has 306 valence electrons. The van der Waals surface area contributed by atoms with Gasteiger partial charge in [-0.3, -0.25) is 9.59 Å². The molecule has 1 amide bonds. The number of hydrogen-bond acceptors (Lipinski definition) is 15. The Hall–Kier alpha value is -6.37. The number of amides is 1. The minimum Gasteiger partial charge on any atom is -0.497 e. The van der Waals surface area contributed by atoms with E-state index in [1.807, 2.05) is 0 Å². The van der Waals surface area contributed by atoms with Gasteiger partial charge in [0.1, 0.15) is 35.4 Å². The molecule has 0 unspecified atom stereocenters. The average molecular weight is 795 g/mol. The summed E-state index contributed by atoms with van der Waals surface area (Å²) in [6.45, 7) is 11.5. The molecule has 1 atom stereocenters. The zero-order valence-corrected chi connectivity index (χ0v) is 33.2. The standard InChI is InChI=1S/C38H47FN8O10/c1-36(2,3)56-32(50)38(7,8)31(49)54-21-55-34-45-30(46-47(34)33-41-15-10-16-42-33)28(25-19-24(52-9)20-26(27(25)39)53-18-17-48)43-23-13-11-22(12-14-23)29(40)44-35(51)57-37(4,5)6/h10-16,19-20,28,43,48H,17-18,21H2,1-9H3,(H2,40,44,51)/t28-/m1/s1. The molecule has 0 fully saturated rings. The number of aromatic nitrogens is 5. The Labute approximate surface area is 328 Å². The summed E-state index contributed by atoms with van der Waals surface area (Å²) in [6, 6.07) is 9.14. The van der Waals surface area contributed by atoms with Crippen LogP contribution in [-0.2, 0) is 23.8 Å². The van der Waals surface area contributed by atoms with Crippen molar-refractivity contribution in [2.45, 2.75) is 72.6 Å². The summed E-state index contributed by atoms with van der Waals surface area (Å²) in [5.41, 5.74) is 3.51. The summed E-state index contributed by atoms with van der Waals surface area (Å²) in [5, 5.41) is 17.1. The summed E-state index contributed by atoms with van der Waals surface area (Å²) in [6.07, 6.45) is 2.02. The molecule has 4 N–H and O–H groups in total. The molecule has 4 aromatic rings. The van der Waals surface area contributed by atoms with Gasteiger partial charge in [0.05, 0.1) is 13.7 Å². The number of rotatable bonds is 15. The maximum atomic E-state index is 16.4. The van der Waals surface area contributed by atoms with Crippen LogP contribution in [-0.4, -0.2) is 92.0 Å². The number of nitrogens with zero attached hydrogens (tertiary/aromatic N) is 6. The Balaban J connectivity index is 1.75. The van der Waals surface area contributed by atoms with Gasteiger partial charge in [-0.25, -0.2) is 19.2 Å². The van der Waals surface area contributed by atoms with Crippen molar-refractivity contribution >= 4 is 29.6 Å². The molecule has 0 aliphatic heterocycles. The Kier molecular flexibility index (Phi) is 13.7. The van der Waals surface area contributed by atoms with E-state index in [0.29, 0.717) is 11.3 Å². The van der Waals surface area contributed by atoms with Gasteiger partial charge in [0.15, 0.2) is 22.8 Å². The van der Waals surface area contributed by atoms with Gasteiger partial charge in [-0.2, -0.15) is 9.98 Å². The quantitative estimate of drug-likeness (QED) is 0.0371. The second-order valence-corrected chi connectivity index (χ2v) is 14.8. The number of esters is 2. The van der Waals surface area contributed by atoms with Crippen LogP contribution in [0.1, 0.15) is 78.4 Å². The summed E-state index contributed by atoms with van der Waals surface area (Å²) in [4.78, 5) is 54.8. The normalized spacial score (nSPS) is 12.6. The lowest BCUT2D eigenvalue weighted by molar-refractivity contribution is -0.180. The van der Waals surface area contributed by atoms with Crippen molar-refractivity contribution in [3.8, 4) is 23.5 Å². The minimum atomic E-state index is -1.69. The molecule has 0 saturated carbocycles. The molecule has 2 aromatic carbocycles. The lowest BCUT2D eigenvalue weighted by Gasteiger charge is -2.26. The highest BCUT2D eigenvalue weighted by Gasteiger charge is 2.41. The highest BCUT2D eigenvalue weighted by molar-refractivity contribution is 6.03. The number of anilines is 1. The van der Waals surface area contributed by atoms with E-state index in [4.69, 9.17) is 34.2 Å². The van der Waals surface area contributed by atoms with E-state index in [0.717, 1.165) is 4.68 Å². The monoisotopic (exact) mass is 794 g/mol. The van der Waals surface area contributed by atoms with Crippen LogP contribution < -0.4 is 25.3 Å². The number of ether oxygens (including phenoxy) is 6. The highest BCUT2D eigenvalue weighted by atomic mass is 19.1. The van der Waals surface area contributed by atoms with E-state index < -0.39 is 53.3 Å². The predicted molar refractivity (Wildman–Crippen MR) is 203 cm³/mol. The fraction of sp³-hybridized carbons (Fsp3) is 0.421. The Morgan fingerprint density at radius 1 is 0.947 bits per heavy atom. The van der Waals surface area contributed by atoms with E-state index in [1.165, 1.54) is 45.5 Å². The first-order valence-electron chi connectivity index (χ1n) is 17.6. The van der Waals surface area contributed by atoms with Gasteiger partial charge in [0.2, 0.25) is 6.79 Å². The first kappa shape index (κ1) is 43.4. The van der Waals surface area contributed by atoms with E-state index in [2.05, 4.69) is 30.4 Å².